The molecule has 0 aromatic carbocycles. The van der Waals surface area contributed by atoms with Crippen LogP contribution in [0, 0.1) is 5.92 Å². The van der Waals surface area contributed by atoms with Crippen molar-refractivity contribution >= 4 is 11.9 Å². The van der Waals surface area contributed by atoms with Gasteiger partial charge in [-0.1, -0.05) is 19.9 Å². The minimum absolute atomic E-state index is 0.0324. The second-order valence-corrected chi connectivity index (χ2v) is 5.50. The molecule has 0 aliphatic heterocycles. The number of hydrogen-bond acceptors (Lipinski definition) is 3. The number of carboxylic acids is 1. The molecule has 1 N–H and O–H groups in total. The number of aliphatic carboxylic acids is 1. The minimum Gasteiger partial charge on any atom is -0.480 e. The van der Waals surface area contributed by atoms with E-state index in [1.165, 1.54) is 0 Å². The molecule has 0 saturated carbocycles. The van der Waals surface area contributed by atoms with E-state index in [-0.39, 0.29) is 19.0 Å². The minimum atomic E-state index is -0.892. The summed E-state index contributed by atoms with van der Waals surface area (Å²) in [6.07, 6.45) is 5.14. The van der Waals surface area contributed by atoms with Crippen molar-refractivity contribution in [3.05, 3.63) is 11.8 Å². The first-order valence-corrected chi connectivity index (χ1v) is 6.80. The Labute approximate surface area is 114 Å². The van der Waals surface area contributed by atoms with Gasteiger partial charge in [0.15, 0.2) is 0 Å². The highest BCUT2D eigenvalue weighted by atomic mass is 16.4. The Kier molecular flexibility index (Phi) is 6.02. The standard InChI is InChI=1S/C14H24N2O3/c1-11(2)8-16(10-14(18)19)9-13(17)15(3)12-6-4-5-7-12/h6,11H,4-5,7-10H2,1-3H3,(H,18,19). The zero-order valence-corrected chi connectivity index (χ0v) is 12.1. The van der Waals surface area contributed by atoms with Crippen molar-refractivity contribution in [2.75, 3.05) is 26.7 Å². The van der Waals surface area contributed by atoms with Gasteiger partial charge >= 0.3 is 5.97 Å². The van der Waals surface area contributed by atoms with Crippen LogP contribution in [0.15, 0.2) is 11.8 Å². The first-order chi connectivity index (χ1) is 8.90. The summed E-state index contributed by atoms with van der Waals surface area (Å²) in [7, 11) is 1.77. The molecular formula is C14H24N2O3. The van der Waals surface area contributed by atoms with Crippen LogP contribution in [-0.2, 0) is 9.59 Å². The van der Waals surface area contributed by atoms with E-state index >= 15 is 0 Å². The SMILES string of the molecule is CC(C)CN(CC(=O)O)CC(=O)N(C)C1=CCCC1. The Morgan fingerprint density at radius 3 is 2.53 bits per heavy atom. The second-order valence-electron chi connectivity index (χ2n) is 5.50. The molecule has 0 bridgehead atoms. The third kappa shape index (κ3) is 5.42. The number of carbonyl (C=O) groups is 2. The lowest BCUT2D eigenvalue weighted by Gasteiger charge is -2.25. The van der Waals surface area contributed by atoms with Crippen LogP contribution >= 0.6 is 0 Å². The van der Waals surface area contributed by atoms with Crippen LogP contribution in [0.3, 0.4) is 0 Å². The molecule has 1 aliphatic rings. The molecule has 5 nitrogen and oxygen atoms in total. The molecule has 108 valence electrons. The fraction of sp³-hybridized carbons (Fsp3) is 0.714. The summed E-state index contributed by atoms with van der Waals surface area (Å²) in [5.74, 6) is -0.589. The largest absolute Gasteiger partial charge is 0.480 e. The highest BCUT2D eigenvalue weighted by molar-refractivity contribution is 5.80. The van der Waals surface area contributed by atoms with Crippen molar-refractivity contribution in [3.8, 4) is 0 Å². The lowest BCUT2D eigenvalue weighted by Crippen LogP contribution is -2.41. The van der Waals surface area contributed by atoms with Crippen LogP contribution in [0.5, 0.6) is 0 Å². The van der Waals surface area contributed by atoms with E-state index in [4.69, 9.17) is 5.11 Å². The predicted molar refractivity (Wildman–Crippen MR) is 73.6 cm³/mol. The van der Waals surface area contributed by atoms with Crippen molar-refractivity contribution in [1.29, 1.82) is 0 Å². The molecule has 0 aromatic rings. The van der Waals surface area contributed by atoms with Crippen molar-refractivity contribution in [3.63, 3.8) is 0 Å². The van der Waals surface area contributed by atoms with Gasteiger partial charge < -0.3 is 10.0 Å². The van der Waals surface area contributed by atoms with Crippen molar-refractivity contribution in [2.24, 2.45) is 5.92 Å². The molecule has 1 aliphatic carbocycles. The third-order valence-corrected chi connectivity index (χ3v) is 3.16. The zero-order valence-electron chi connectivity index (χ0n) is 12.1. The summed E-state index contributed by atoms with van der Waals surface area (Å²) < 4.78 is 0. The molecule has 19 heavy (non-hydrogen) atoms. The summed E-state index contributed by atoms with van der Waals surface area (Å²) >= 11 is 0. The van der Waals surface area contributed by atoms with Crippen molar-refractivity contribution < 1.29 is 14.7 Å². The van der Waals surface area contributed by atoms with Crippen LogP contribution in [0.1, 0.15) is 33.1 Å². The Hall–Kier alpha value is -1.36. The average molecular weight is 268 g/mol. The van der Waals surface area contributed by atoms with E-state index in [0.29, 0.717) is 12.5 Å². The van der Waals surface area contributed by atoms with Gasteiger partial charge in [-0.3, -0.25) is 14.5 Å². The zero-order chi connectivity index (χ0) is 14.4. The third-order valence-electron chi connectivity index (χ3n) is 3.16. The summed E-state index contributed by atoms with van der Waals surface area (Å²) in [4.78, 5) is 26.3. The van der Waals surface area contributed by atoms with Crippen LogP contribution in [-0.4, -0.2) is 53.5 Å². The van der Waals surface area contributed by atoms with E-state index < -0.39 is 5.97 Å². The predicted octanol–water partition coefficient (Wildman–Crippen LogP) is 1.56. The molecule has 0 aromatic heterocycles. The average Bonchev–Trinajstić information content (AvgIpc) is 2.79. The van der Waals surface area contributed by atoms with Gasteiger partial charge in [-0.2, -0.15) is 0 Å². The number of carboxylic acid groups (broad SMARTS) is 1. The normalized spacial score (nSPS) is 14.9. The van der Waals surface area contributed by atoms with E-state index in [1.807, 2.05) is 13.8 Å². The molecular weight excluding hydrogens is 244 g/mol. The number of rotatable bonds is 7. The van der Waals surface area contributed by atoms with Gasteiger partial charge in [-0.05, 0) is 25.2 Å². The molecule has 0 radical (unpaired) electrons. The quantitative estimate of drug-likeness (QED) is 0.761. The number of amides is 1. The van der Waals surface area contributed by atoms with Crippen molar-refractivity contribution in [2.45, 2.75) is 33.1 Å². The van der Waals surface area contributed by atoms with Crippen molar-refractivity contribution in [1.82, 2.24) is 9.80 Å². The van der Waals surface area contributed by atoms with E-state index in [2.05, 4.69) is 6.08 Å². The summed E-state index contributed by atoms with van der Waals surface area (Å²) in [5.41, 5.74) is 1.06. The second kappa shape index (κ2) is 7.28. The van der Waals surface area contributed by atoms with Crippen LogP contribution in [0.2, 0.25) is 0 Å². The van der Waals surface area contributed by atoms with Gasteiger partial charge in [0.05, 0.1) is 13.1 Å². The lowest BCUT2D eigenvalue weighted by atomic mass is 10.2. The molecule has 0 fully saturated rings. The molecule has 0 atom stereocenters. The Bertz CT molecular complexity index is 364. The molecule has 1 amide bonds. The number of allylic oxidation sites excluding steroid dienone is 2. The summed E-state index contributed by atoms with van der Waals surface area (Å²) in [5, 5.41) is 8.88. The van der Waals surface area contributed by atoms with E-state index in [0.717, 1.165) is 25.0 Å². The first kappa shape index (κ1) is 15.7. The summed E-state index contributed by atoms with van der Waals surface area (Å²) in [6, 6.07) is 0. The first-order valence-electron chi connectivity index (χ1n) is 6.80. The highest BCUT2D eigenvalue weighted by Gasteiger charge is 2.20. The summed E-state index contributed by atoms with van der Waals surface area (Å²) in [6.45, 7) is 4.73. The van der Waals surface area contributed by atoms with E-state index in [1.54, 1.807) is 16.8 Å². The van der Waals surface area contributed by atoms with Gasteiger partial charge in [0, 0.05) is 19.3 Å². The fourth-order valence-corrected chi connectivity index (χ4v) is 2.31. The monoisotopic (exact) mass is 268 g/mol. The van der Waals surface area contributed by atoms with Crippen LogP contribution < -0.4 is 0 Å². The fourth-order valence-electron chi connectivity index (χ4n) is 2.31. The maximum Gasteiger partial charge on any atom is 0.317 e. The molecule has 1 rings (SSSR count). The van der Waals surface area contributed by atoms with Gasteiger partial charge in [-0.15, -0.1) is 0 Å². The van der Waals surface area contributed by atoms with Gasteiger partial charge in [-0.25, -0.2) is 0 Å². The van der Waals surface area contributed by atoms with Gasteiger partial charge in [0.1, 0.15) is 0 Å². The van der Waals surface area contributed by atoms with Crippen LogP contribution in [0.25, 0.3) is 0 Å². The molecule has 0 spiro atoms. The molecule has 5 heteroatoms. The molecule has 0 saturated heterocycles. The smallest absolute Gasteiger partial charge is 0.317 e. The van der Waals surface area contributed by atoms with Gasteiger partial charge in [0.2, 0.25) is 5.91 Å². The highest BCUT2D eigenvalue weighted by Crippen LogP contribution is 2.20. The number of likely N-dealkylation sites (N-methyl/N-ethyl adjacent to an activating group) is 1. The Balaban J connectivity index is 2.56. The number of carbonyl (C=O) groups excluding carboxylic acids is 1. The Morgan fingerprint density at radius 1 is 1.37 bits per heavy atom. The maximum atomic E-state index is 12.2. The number of hydrogen-bond donors (Lipinski definition) is 1. The van der Waals surface area contributed by atoms with Gasteiger partial charge in [0.25, 0.3) is 0 Å². The lowest BCUT2D eigenvalue weighted by molar-refractivity contribution is -0.139. The maximum absolute atomic E-state index is 12.2. The topological polar surface area (TPSA) is 60.9 Å². The molecule has 0 heterocycles. The molecule has 0 unspecified atom stereocenters. The Morgan fingerprint density at radius 2 is 2.05 bits per heavy atom. The number of nitrogens with zero attached hydrogens (tertiary/aromatic N) is 2. The van der Waals surface area contributed by atoms with Crippen LogP contribution in [0.4, 0.5) is 0 Å². The van der Waals surface area contributed by atoms with E-state index in [9.17, 15) is 9.59 Å².